The lowest BCUT2D eigenvalue weighted by Gasteiger charge is -2.36. The lowest BCUT2D eigenvalue weighted by atomic mass is 9.91. The SMILES string of the molecule is C[C@@H]1CCCCN1C(=O)[C@@H]1CC=CCC1. The molecule has 84 valence electrons. The van der Waals surface area contributed by atoms with Crippen LogP contribution < -0.4 is 0 Å². The van der Waals surface area contributed by atoms with Gasteiger partial charge < -0.3 is 4.90 Å². The molecule has 0 bridgehead atoms. The molecule has 2 nitrogen and oxygen atoms in total. The van der Waals surface area contributed by atoms with Gasteiger partial charge in [0, 0.05) is 18.5 Å². The van der Waals surface area contributed by atoms with Gasteiger partial charge in [-0.2, -0.15) is 0 Å². The van der Waals surface area contributed by atoms with Crippen LogP contribution in [0.5, 0.6) is 0 Å². The van der Waals surface area contributed by atoms with Gasteiger partial charge in [-0.1, -0.05) is 12.2 Å². The molecule has 0 aromatic rings. The maximum atomic E-state index is 12.3. The van der Waals surface area contributed by atoms with Crippen LogP contribution in [0.3, 0.4) is 0 Å². The number of hydrogen-bond donors (Lipinski definition) is 0. The van der Waals surface area contributed by atoms with Gasteiger partial charge in [0.2, 0.25) is 5.91 Å². The Balaban J connectivity index is 1.96. The van der Waals surface area contributed by atoms with E-state index in [1.54, 1.807) is 0 Å². The molecule has 0 unspecified atom stereocenters. The average Bonchev–Trinajstić information content (AvgIpc) is 2.30. The first-order valence-corrected chi connectivity index (χ1v) is 6.24. The number of carbonyl (C=O) groups excluding carboxylic acids is 1. The van der Waals surface area contributed by atoms with Crippen molar-refractivity contribution in [3.63, 3.8) is 0 Å². The highest BCUT2D eigenvalue weighted by Gasteiger charge is 2.28. The second kappa shape index (κ2) is 4.82. The molecule has 15 heavy (non-hydrogen) atoms. The number of nitrogens with zero attached hydrogens (tertiary/aromatic N) is 1. The minimum Gasteiger partial charge on any atom is -0.340 e. The fourth-order valence-electron chi connectivity index (χ4n) is 2.68. The molecule has 0 N–H and O–H groups in total. The molecule has 1 aliphatic carbocycles. The van der Waals surface area contributed by atoms with Gasteiger partial charge in [-0.15, -0.1) is 0 Å². The first-order valence-electron chi connectivity index (χ1n) is 6.24. The molecule has 0 aromatic heterocycles. The van der Waals surface area contributed by atoms with E-state index in [-0.39, 0.29) is 5.92 Å². The summed E-state index contributed by atoms with van der Waals surface area (Å²) in [4.78, 5) is 14.4. The summed E-state index contributed by atoms with van der Waals surface area (Å²) in [5, 5.41) is 0. The second-order valence-corrected chi connectivity index (χ2v) is 4.86. The molecule has 2 atom stereocenters. The summed E-state index contributed by atoms with van der Waals surface area (Å²) in [6, 6.07) is 0.470. The summed E-state index contributed by atoms with van der Waals surface area (Å²) in [6.45, 7) is 3.18. The number of carbonyl (C=O) groups is 1. The molecule has 1 amide bonds. The Morgan fingerprint density at radius 1 is 1.27 bits per heavy atom. The van der Waals surface area contributed by atoms with Crippen molar-refractivity contribution in [3.05, 3.63) is 12.2 Å². The molecule has 1 fully saturated rings. The van der Waals surface area contributed by atoms with Crippen LogP contribution in [-0.2, 0) is 4.79 Å². The van der Waals surface area contributed by atoms with Crippen LogP contribution in [0.2, 0.25) is 0 Å². The van der Waals surface area contributed by atoms with Crippen LogP contribution in [0, 0.1) is 5.92 Å². The number of piperidine rings is 1. The van der Waals surface area contributed by atoms with Gasteiger partial charge in [0.25, 0.3) is 0 Å². The molecule has 0 saturated carbocycles. The van der Waals surface area contributed by atoms with E-state index in [2.05, 4.69) is 24.0 Å². The molecule has 1 heterocycles. The first-order chi connectivity index (χ1) is 7.29. The largest absolute Gasteiger partial charge is 0.340 e. The van der Waals surface area contributed by atoms with E-state index in [9.17, 15) is 4.79 Å². The molecule has 0 spiro atoms. The predicted octanol–water partition coefficient (Wildman–Crippen LogP) is 2.74. The summed E-state index contributed by atoms with van der Waals surface area (Å²) in [5.41, 5.74) is 0. The van der Waals surface area contributed by atoms with Gasteiger partial charge in [0.1, 0.15) is 0 Å². The Morgan fingerprint density at radius 3 is 2.80 bits per heavy atom. The Labute approximate surface area is 92.3 Å². The Kier molecular flexibility index (Phi) is 3.45. The fourth-order valence-corrected chi connectivity index (χ4v) is 2.68. The highest BCUT2D eigenvalue weighted by Crippen LogP contribution is 2.25. The van der Waals surface area contributed by atoms with Crippen LogP contribution in [0.25, 0.3) is 0 Å². The highest BCUT2D eigenvalue weighted by atomic mass is 16.2. The van der Waals surface area contributed by atoms with Crippen molar-refractivity contribution in [1.82, 2.24) is 4.90 Å². The van der Waals surface area contributed by atoms with Gasteiger partial charge in [-0.05, 0) is 45.4 Å². The number of likely N-dealkylation sites (tertiary alicyclic amines) is 1. The minimum atomic E-state index is 0.274. The van der Waals surface area contributed by atoms with E-state index in [1.165, 1.54) is 19.3 Å². The molecule has 2 rings (SSSR count). The molecule has 1 aliphatic heterocycles. The van der Waals surface area contributed by atoms with Gasteiger partial charge in [-0.25, -0.2) is 0 Å². The maximum absolute atomic E-state index is 12.3. The van der Waals surface area contributed by atoms with Crippen molar-refractivity contribution in [2.24, 2.45) is 5.92 Å². The quantitative estimate of drug-likeness (QED) is 0.605. The summed E-state index contributed by atoms with van der Waals surface area (Å²) < 4.78 is 0. The summed E-state index contributed by atoms with van der Waals surface area (Å²) in [5.74, 6) is 0.683. The van der Waals surface area contributed by atoms with Crippen LogP contribution in [0.15, 0.2) is 12.2 Å². The number of allylic oxidation sites excluding steroid dienone is 2. The third-order valence-corrected chi connectivity index (χ3v) is 3.70. The van der Waals surface area contributed by atoms with Gasteiger partial charge in [0.15, 0.2) is 0 Å². The molecular formula is C13H21NO. The molecular weight excluding hydrogens is 186 g/mol. The third kappa shape index (κ3) is 2.42. The normalized spacial score (nSPS) is 31.7. The van der Waals surface area contributed by atoms with Gasteiger partial charge in [0.05, 0.1) is 0 Å². The topological polar surface area (TPSA) is 20.3 Å². The molecule has 0 radical (unpaired) electrons. The van der Waals surface area contributed by atoms with E-state index < -0.39 is 0 Å². The molecule has 0 aromatic carbocycles. The zero-order valence-electron chi connectivity index (χ0n) is 9.61. The standard InChI is InChI=1S/C13H21NO/c1-11-7-5-6-10-14(11)13(15)12-8-3-2-4-9-12/h2-3,11-12H,4-10H2,1H3/t11-,12-/m1/s1. The first kappa shape index (κ1) is 10.7. The Morgan fingerprint density at radius 2 is 2.13 bits per heavy atom. The second-order valence-electron chi connectivity index (χ2n) is 4.86. The van der Waals surface area contributed by atoms with Crippen molar-refractivity contribution >= 4 is 5.91 Å². The summed E-state index contributed by atoms with van der Waals surface area (Å²) in [6.07, 6.45) is 11.1. The lowest BCUT2D eigenvalue weighted by Crippen LogP contribution is -2.45. The van der Waals surface area contributed by atoms with E-state index in [1.807, 2.05) is 0 Å². The maximum Gasteiger partial charge on any atom is 0.226 e. The summed E-state index contributed by atoms with van der Waals surface area (Å²) >= 11 is 0. The van der Waals surface area contributed by atoms with Crippen molar-refractivity contribution in [2.75, 3.05) is 6.54 Å². The predicted molar refractivity (Wildman–Crippen MR) is 61.5 cm³/mol. The zero-order chi connectivity index (χ0) is 10.7. The number of rotatable bonds is 1. The highest BCUT2D eigenvalue weighted by molar-refractivity contribution is 5.79. The van der Waals surface area contributed by atoms with Crippen LogP contribution >= 0.6 is 0 Å². The van der Waals surface area contributed by atoms with Crippen LogP contribution in [-0.4, -0.2) is 23.4 Å². The van der Waals surface area contributed by atoms with Gasteiger partial charge in [-0.3, -0.25) is 4.79 Å². The van der Waals surface area contributed by atoms with Crippen molar-refractivity contribution in [2.45, 2.75) is 51.5 Å². The lowest BCUT2D eigenvalue weighted by molar-refractivity contribution is -0.139. The van der Waals surface area contributed by atoms with Gasteiger partial charge >= 0.3 is 0 Å². The fraction of sp³-hybridized carbons (Fsp3) is 0.769. The minimum absolute atomic E-state index is 0.274. The van der Waals surface area contributed by atoms with Crippen LogP contribution in [0.1, 0.15) is 45.4 Å². The number of amides is 1. The van der Waals surface area contributed by atoms with Crippen LogP contribution in [0.4, 0.5) is 0 Å². The van der Waals surface area contributed by atoms with E-state index >= 15 is 0 Å². The molecule has 2 aliphatic rings. The molecule has 1 saturated heterocycles. The smallest absolute Gasteiger partial charge is 0.226 e. The molecule has 2 heteroatoms. The summed E-state index contributed by atoms with van der Waals surface area (Å²) in [7, 11) is 0. The van der Waals surface area contributed by atoms with Crippen molar-refractivity contribution in [1.29, 1.82) is 0 Å². The van der Waals surface area contributed by atoms with Crippen molar-refractivity contribution in [3.8, 4) is 0 Å². The van der Waals surface area contributed by atoms with Crippen molar-refractivity contribution < 1.29 is 4.79 Å². The third-order valence-electron chi connectivity index (χ3n) is 3.70. The van der Waals surface area contributed by atoms with E-state index in [4.69, 9.17) is 0 Å². The zero-order valence-corrected chi connectivity index (χ0v) is 9.61. The van der Waals surface area contributed by atoms with E-state index in [0.29, 0.717) is 11.9 Å². The Bertz CT molecular complexity index is 259. The monoisotopic (exact) mass is 207 g/mol. The number of hydrogen-bond acceptors (Lipinski definition) is 1. The van der Waals surface area contributed by atoms with E-state index in [0.717, 1.165) is 25.8 Å². The Hall–Kier alpha value is -0.790. The average molecular weight is 207 g/mol.